The van der Waals surface area contributed by atoms with Gasteiger partial charge in [-0.2, -0.15) is 0 Å². The van der Waals surface area contributed by atoms with Gasteiger partial charge in [0.2, 0.25) is 15.9 Å². The second kappa shape index (κ2) is 8.62. The third-order valence-corrected chi connectivity index (χ3v) is 9.45. The molecule has 1 aromatic rings. The van der Waals surface area contributed by atoms with Gasteiger partial charge in [0, 0.05) is 24.5 Å². The van der Waals surface area contributed by atoms with Crippen molar-refractivity contribution in [2.75, 3.05) is 6.54 Å². The standard InChI is InChI=1S/C24H36N2O3S/c1-3-4-7-19-10-12-20(13-11-19)30(28,29)25-22-14-16-24-15-6-17-26(24)23(27)9-5-8-21(24)18(22)2/h10-13,18,21-22,25H,3-9,14-17H2,1-2H3/t18-,21+,22+,24-/m1/s1. The minimum atomic E-state index is -3.54. The maximum Gasteiger partial charge on any atom is 0.240 e. The summed E-state index contributed by atoms with van der Waals surface area (Å²) in [4.78, 5) is 15.2. The molecule has 1 N–H and O–H groups in total. The van der Waals surface area contributed by atoms with Crippen LogP contribution in [-0.2, 0) is 21.2 Å². The molecular weight excluding hydrogens is 396 g/mol. The smallest absolute Gasteiger partial charge is 0.240 e. The van der Waals surface area contributed by atoms with Crippen LogP contribution in [0.4, 0.5) is 0 Å². The molecule has 0 bridgehead atoms. The van der Waals surface area contributed by atoms with Crippen molar-refractivity contribution in [1.29, 1.82) is 0 Å². The lowest BCUT2D eigenvalue weighted by Crippen LogP contribution is -2.59. The number of unbranched alkanes of at least 4 members (excludes halogenated alkanes) is 1. The molecule has 0 unspecified atom stereocenters. The molecule has 4 atom stereocenters. The average Bonchev–Trinajstić information content (AvgIpc) is 3.10. The predicted molar refractivity (Wildman–Crippen MR) is 119 cm³/mol. The number of hydrogen-bond donors (Lipinski definition) is 1. The first kappa shape index (κ1) is 21.8. The zero-order valence-corrected chi connectivity index (χ0v) is 19.2. The van der Waals surface area contributed by atoms with E-state index < -0.39 is 10.0 Å². The van der Waals surface area contributed by atoms with Crippen LogP contribution in [0.1, 0.15) is 77.2 Å². The summed E-state index contributed by atoms with van der Waals surface area (Å²) in [5.41, 5.74) is 1.16. The molecule has 30 heavy (non-hydrogen) atoms. The number of rotatable bonds is 6. The van der Waals surface area contributed by atoms with Crippen molar-refractivity contribution in [3.8, 4) is 0 Å². The van der Waals surface area contributed by atoms with Gasteiger partial charge in [-0.15, -0.1) is 0 Å². The Balaban J connectivity index is 1.50. The van der Waals surface area contributed by atoms with Crippen LogP contribution < -0.4 is 4.72 Å². The number of aryl methyl sites for hydroxylation is 1. The highest BCUT2D eigenvalue weighted by Gasteiger charge is 2.55. The minimum Gasteiger partial charge on any atom is -0.337 e. The van der Waals surface area contributed by atoms with Crippen molar-refractivity contribution in [3.63, 3.8) is 0 Å². The summed E-state index contributed by atoms with van der Waals surface area (Å²) in [6.07, 6.45) is 9.70. The Hall–Kier alpha value is -1.40. The van der Waals surface area contributed by atoms with Gasteiger partial charge in [0.1, 0.15) is 0 Å². The van der Waals surface area contributed by atoms with E-state index in [2.05, 4.69) is 23.5 Å². The van der Waals surface area contributed by atoms with Crippen LogP contribution in [-0.4, -0.2) is 37.4 Å². The molecule has 1 saturated carbocycles. The van der Waals surface area contributed by atoms with Crippen molar-refractivity contribution in [2.45, 2.75) is 94.5 Å². The van der Waals surface area contributed by atoms with Gasteiger partial charge in [0.05, 0.1) is 4.90 Å². The molecule has 1 amide bonds. The van der Waals surface area contributed by atoms with Gasteiger partial charge in [-0.1, -0.05) is 32.4 Å². The van der Waals surface area contributed by atoms with Crippen molar-refractivity contribution in [1.82, 2.24) is 9.62 Å². The number of benzene rings is 1. The maximum absolute atomic E-state index is 13.1. The highest BCUT2D eigenvalue weighted by molar-refractivity contribution is 7.89. The molecule has 5 nitrogen and oxygen atoms in total. The zero-order valence-electron chi connectivity index (χ0n) is 18.4. The Morgan fingerprint density at radius 1 is 1.13 bits per heavy atom. The predicted octanol–water partition coefficient (Wildman–Crippen LogP) is 4.27. The molecule has 6 heteroatoms. The highest BCUT2D eigenvalue weighted by Crippen LogP contribution is 2.51. The quantitative estimate of drug-likeness (QED) is 0.730. The molecular formula is C24H36N2O3S. The van der Waals surface area contributed by atoms with Crippen LogP contribution >= 0.6 is 0 Å². The van der Waals surface area contributed by atoms with Crippen molar-refractivity contribution in [2.24, 2.45) is 11.8 Å². The van der Waals surface area contributed by atoms with E-state index >= 15 is 0 Å². The largest absolute Gasteiger partial charge is 0.337 e. The lowest BCUT2D eigenvalue weighted by atomic mass is 9.63. The molecule has 1 aliphatic carbocycles. The topological polar surface area (TPSA) is 66.5 Å². The fraction of sp³-hybridized carbons (Fsp3) is 0.708. The molecule has 0 radical (unpaired) electrons. The van der Waals surface area contributed by atoms with Crippen LogP contribution in [0.25, 0.3) is 0 Å². The highest BCUT2D eigenvalue weighted by atomic mass is 32.2. The van der Waals surface area contributed by atoms with Gasteiger partial charge < -0.3 is 4.90 Å². The Kier molecular flexibility index (Phi) is 6.27. The molecule has 2 aliphatic heterocycles. The summed E-state index contributed by atoms with van der Waals surface area (Å²) in [5.74, 6) is 0.914. The van der Waals surface area contributed by atoms with E-state index in [0.29, 0.717) is 23.1 Å². The van der Waals surface area contributed by atoms with Crippen LogP contribution in [0.3, 0.4) is 0 Å². The Morgan fingerprint density at radius 2 is 1.90 bits per heavy atom. The Morgan fingerprint density at radius 3 is 2.63 bits per heavy atom. The van der Waals surface area contributed by atoms with E-state index in [0.717, 1.165) is 64.3 Å². The van der Waals surface area contributed by atoms with E-state index in [1.807, 2.05) is 12.1 Å². The molecule has 1 aromatic carbocycles. The second-order valence-corrected chi connectivity index (χ2v) is 11.3. The fourth-order valence-electron chi connectivity index (χ4n) is 6.33. The van der Waals surface area contributed by atoms with Crippen molar-refractivity contribution >= 4 is 15.9 Å². The first-order chi connectivity index (χ1) is 14.4. The molecule has 3 fully saturated rings. The molecule has 3 aliphatic rings. The average molecular weight is 433 g/mol. The maximum atomic E-state index is 13.1. The molecule has 2 heterocycles. The molecule has 0 aromatic heterocycles. The van der Waals surface area contributed by atoms with E-state index in [9.17, 15) is 13.2 Å². The summed E-state index contributed by atoms with van der Waals surface area (Å²) >= 11 is 0. The SMILES string of the molecule is CCCCc1ccc(S(=O)(=O)N[C@H]2CC[C@@]34CCCN3C(=O)CCC[C@H]4[C@H]2C)cc1. The third-order valence-electron chi connectivity index (χ3n) is 7.94. The van der Waals surface area contributed by atoms with Crippen LogP contribution in [0.5, 0.6) is 0 Å². The van der Waals surface area contributed by atoms with Gasteiger partial charge in [-0.25, -0.2) is 13.1 Å². The monoisotopic (exact) mass is 432 g/mol. The van der Waals surface area contributed by atoms with E-state index in [1.54, 1.807) is 12.1 Å². The summed E-state index contributed by atoms with van der Waals surface area (Å²) in [5, 5.41) is 0. The van der Waals surface area contributed by atoms with Crippen molar-refractivity contribution < 1.29 is 13.2 Å². The zero-order chi connectivity index (χ0) is 21.4. The Bertz CT molecular complexity index is 867. The van der Waals surface area contributed by atoms with Gasteiger partial charge in [-0.3, -0.25) is 4.79 Å². The number of sulfonamides is 1. The van der Waals surface area contributed by atoms with Crippen molar-refractivity contribution in [3.05, 3.63) is 29.8 Å². The van der Waals surface area contributed by atoms with Gasteiger partial charge in [0.25, 0.3) is 0 Å². The molecule has 1 spiro atoms. The van der Waals surface area contributed by atoms with Gasteiger partial charge >= 0.3 is 0 Å². The fourth-order valence-corrected chi connectivity index (χ4v) is 7.69. The number of amides is 1. The molecule has 2 saturated heterocycles. The number of carbonyl (C=O) groups is 1. The molecule has 4 rings (SSSR count). The summed E-state index contributed by atoms with van der Waals surface area (Å²) in [6, 6.07) is 7.30. The first-order valence-electron chi connectivity index (χ1n) is 11.8. The number of carbonyl (C=O) groups excluding carboxylic acids is 1. The first-order valence-corrected chi connectivity index (χ1v) is 13.3. The molecule has 166 valence electrons. The van der Waals surface area contributed by atoms with Gasteiger partial charge in [-0.05, 0) is 80.9 Å². The van der Waals surface area contributed by atoms with E-state index in [1.165, 1.54) is 5.56 Å². The second-order valence-electron chi connectivity index (χ2n) is 9.62. The van der Waals surface area contributed by atoms with Crippen LogP contribution in [0, 0.1) is 11.8 Å². The number of hydrogen-bond acceptors (Lipinski definition) is 3. The van der Waals surface area contributed by atoms with E-state index in [4.69, 9.17) is 0 Å². The van der Waals surface area contributed by atoms with Gasteiger partial charge in [0.15, 0.2) is 0 Å². The number of nitrogens with zero attached hydrogens (tertiary/aromatic N) is 1. The normalized spacial score (nSPS) is 31.9. The summed E-state index contributed by atoms with van der Waals surface area (Å²) in [7, 11) is -3.54. The lowest BCUT2D eigenvalue weighted by Gasteiger charge is -2.52. The van der Waals surface area contributed by atoms with E-state index in [-0.39, 0.29) is 17.5 Å². The third kappa shape index (κ3) is 3.93. The van der Waals surface area contributed by atoms with Crippen LogP contribution in [0.2, 0.25) is 0 Å². The minimum absolute atomic E-state index is 0.0319. The lowest BCUT2D eigenvalue weighted by molar-refractivity contribution is -0.138. The number of nitrogens with one attached hydrogen (secondary N) is 1. The van der Waals surface area contributed by atoms with Crippen LogP contribution in [0.15, 0.2) is 29.2 Å². The summed E-state index contributed by atoms with van der Waals surface area (Å²) in [6.45, 7) is 5.23. The summed E-state index contributed by atoms with van der Waals surface area (Å²) < 4.78 is 29.2. The Labute approximate surface area is 181 Å².